The van der Waals surface area contributed by atoms with Gasteiger partial charge in [0.2, 0.25) is 0 Å². The molecule has 1 aromatic rings. The minimum Gasteiger partial charge on any atom is -0.478 e. The molecule has 0 radical (unpaired) electrons. The van der Waals surface area contributed by atoms with E-state index in [1.807, 2.05) is 21.0 Å². The fourth-order valence-electron chi connectivity index (χ4n) is 1.53. The topological polar surface area (TPSA) is 91.5 Å². The van der Waals surface area contributed by atoms with Gasteiger partial charge in [0.05, 0.1) is 11.3 Å². The summed E-state index contributed by atoms with van der Waals surface area (Å²) in [7, 11) is 4.01. The van der Waals surface area contributed by atoms with Gasteiger partial charge in [-0.2, -0.15) is 0 Å². The van der Waals surface area contributed by atoms with E-state index in [4.69, 9.17) is 10.8 Å². The molecule has 0 aliphatic rings. The predicted molar refractivity (Wildman–Crippen MR) is 71.9 cm³/mol. The number of hydrogen-bond donors (Lipinski definition) is 3. The largest absolute Gasteiger partial charge is 0.478 e. The maximum Gasteiger partial charge on any atom is 0.337 e. The van der Waals surface area contributed by atoms with Gasteiger partial charge in [-0.05, 0) is 40.1 Å². The lowest BCUT2D eigenvalue weighted by Crippen LogP contribution is -2.24. The third-order valence-electron chi connectivity index (χ3n) is 2.61. The summed E-state index contributed by atoms with van der Waals surface area (Å²) in [6, 6.07) is 1.57. The van der Waals surface area contributed by atoms with E-state index < -0.39 is 5.97 Å². The van der Waals surface area contributed by atoms with Gasteiger partial charge in [0, 0.05) is 12.2 Å². The Bertz CT molecular complexity index is 421. The molecule has 0 aliphatic heterocycles. The van der Waals surface area contributed by atoms with Crippen LogP contribution in [0.4, 0.5) is 11.5 Å². The van der Waals surface area contributed by atoms with Crippen molar-refractivity contribution < 1.29 is 9.90 Å². The molecule has 0 aromatic carbocycles. The van der Waals surface area contributed by atoms with Crippen molar-refractivity contribution in [1.29, 1.82) is 0 Å². The minimum absolute atomic E-state index is 0.0762. The highest BCUT2D eigenvalue weighted by atomic mass is 16.4. The van der Waals surface area contributed by atoms with E-state index >= 15 is 0 Å². The van der Waals surface area contributed by atoms with E-state index in [1.54, 1.807) is 0 Å². The average Bonchev–Trinajstić information content (AvgIpc) is 2.29. The van der Waals surface area contributed by atoms with Crippen molar-refractivity contribution in [3.63, 3.8) is 0 Å². The zero-order chi connectivity index (χ0) is 13.7. The van der Waals surface area contributed by atoms with Crippen molar-refractivity contribution in [2.24, 2.45) is 0 Å². The lowest BCUT2D eigenvalue weighted by molar-refractivity contribution is 0.0698. The first-order valence-corrected chi connectivity index (χ1v) is 5.81. The summed E-state index contributed by atoms with van der Waals surface area (Å²) in [6.45, 7) is 2.95. The van der Waals surface area contributed by atoms with E-state index in [0.717, 1.165) is 13.0 Å². The Balaban J connectivity index is 2.73. The number of aromatic carboxylic acids is 1. The summed E-state index contributed by atoms with van der Waals surface area (Å²) in [5.74, 6) is -0.611. The molecule has 1 heterocycles. The van der Waals surface area contributed by atoms with Crippen molar-refractivity contribution in [2.75, 3.05) is 31.7 Å². The molecular weight excluding hydrogens is 232 g/mol. The van der Waals surface area contributed by atoms with Crippen LogP contribution in [-0.4, -0.2) is 47.6 Å². The van der Waals surface area contributed by atoms with Crippen LogP contribution in [0.3, 0.4) is 0 Å². The van der Waals surface area contributed by atoms with Gasteiger partial charge in [-0.25, -0.2) is 9.78 Å². The molecule has 1 atom stereocenters. The monoisotopic (exact) mass is 252 g/mol. The van der Waals surface area contributed by atoms with Gasteiger partial charge in [0.25, 0.3) is 0 Å². The predicted octanol–water partition coefficient (Wildman–Crippen LogP) is 1.11. The molecule has 0 saturated heterocycles. The molecule has 0 fully saturated rings. The normalized spacial score (nSPS) is 12.4. The van der Waals surface area contributed by atoms with Gasteiger partial charge in [-0.3, -0.25) is 0 Å². The van der Waals surface area contributed by atoms with Crippen LogP contribution in [0.25, 0.3) is 0 Å². The van der Waals surface area contributed by atoms with Crippen molar-refractivity contribution in [3.05, 3.63) is 17.8 Å². The summed E-state index contributed by atoms with van der Waals surface area (Å²) < 4.78 is 0. The number of nitrogens with zero attached hydrogens (tertiary/aromatic N) is 2. The third-order valence-corrected chi connectivity index (χ3v) is 2.61. The maximum atomic E-state index is 10.9. The number of nitrogens with one attached hydrogen (secondary N) is 1. The second-order valence-electron chi connectivity index (χ2n) is 4.56. The molecule has 100 valence electrons. The van der Waals surface area contributed by atoms with Gasteiger partial charge >= 0.3 is 5.97 Å². The molecule has 1 unspecified atom stereocenters. The summed E-state index contributed by atoms with van der Waals surface area (Å²) in [4.78, 5) is 17.1. The Morgan fingerprint density at radius 1 is 1.61 bits per heavy atom. The van der Waals surface area contributed by atoms with E-state index in [2.05, 4.69) is 15.2 Å². The van der Waals surface area contributed by atoms with Crippen LogP contribution in [0.1, 0.15) is 23.7 Å². The number of pyridine rings is 1. The quantitative estimate of drug-likeness (QED) is 0.702. The molecular formula is C12H20N4O2. The lowest BCUT2D eigenvalue weighted by Gasteiger charge is -2.18. The maximum absolute atomic E-state index is 10.9. The Morgan fingerprint density at radius 2 is 2.28 bits per heavy atom. The van der Waals surface area contributed by atoms with E-state index in [1.165, 1.54) is 12.3 Å². The Labute approximate surface area is 107 Å². The van der Waals surface area contributed by atoms with Gasteiger partial charge < -0.3 is 21.1 Å². The third kappa shape index (κ3) is 3.89. The minimum atomic E-state index is -1.04. The summed E-state index contributed by atoms with van der Waals surface area (Å²) in [6.07, 6.45) is 2.37. The average molecular weight is 252 g/mol. The van der Waals surface area contributed by atoms with E-state index in [9.17, 15) is 4.79 Å². The van der Waals surface area contributed by atoms with Crippen LogP contribution in [-0.2, 0) is 0 Å². The summed E-state index contributed by atoms with van der Waals surface area (Å²) in [5, 5.41) is 12.1. The highest BCUT2D eigenvalue weighted by Gasteiger charge is 2.13. The number of carboxylic acid groups (broad SMARTS) is 1. The van der Waals surface area contributed by atoms with Crippen molar-refractivity contribution >= 4 is 17.5 Å². The summed E-state index contributed by atoms with van der Waals surface area (Å²) in [5.41, 5.74) is 6.03. The first kappa shape index (κ1) is 14.2. The van der Waals surface area contributed by atoms with Crippen LogP contribution < -0.4 is 11.1 Å². The highest BCUT2D eigenvalue weighted by Crippen LogP contribution is 2.20. The van der Waals surface area contributed by atoms with Crippen molar-refractivity contribution in [3.8, 4) is 0 Å². The van der Waals surface area contributed by atoms with Crippen LogP contribution in [0, 0.1) is 0 Å². The summed E-state index contributed by atoms with van der Waals surface area (Å²) >= 11 is 0. The molecule has 18 heavy (non-hydrogen) atoms. The standard InChI is InChI=1S/C12H20N4O2/c1-8(5-7-16(2)3)15-11-10(13)9(12(17)18)4-6-14-11/h4,6,8H,5,7,13H2,1-3H3,(H,14,15)(H,17,18). The molecule has 6 nitrogen and oxygen atoms in total. The highest BCUT2D eigenvalue weighted by molar-refractivity contribution is 5.96. The first-order valence-electron chi connectivity index (χ1n) is 5.81. The van der Waals surface area contributed by atoms with Crippen LogP contribution in [0.2, 0.25) is 0 Å². The number of nitrogens with two attached hydrogens (primary N) is 1. The van der Waals surface area contributed by atoms with Crippen LogP contribution in [0.5, 0.6) is 0 Å². The Morgan fingerprint density at radius 3 is 2.83 bits per heavy atom. The van der Waals surface area contributed by atoms with Gasteiger partial charge in [-0.1, -0.05) is 0 Å². The smallest absolute Gasteiger partial charge is 0.337 e. The molecule has 0 bridgehead atoms. The van der Waals surface area contributed by atoms with Gasteiger partial charge in [0.15, 0.2) is 0 Å². The second-order valence-corrected chi connectivity index (χ2v) is 4.56. The zero-order valence-corrected chi connectivity index (χ0v) is 11.0. The number of anilines is 2. The molecule has 4 N–H and O–H groups in total. The molecule has 1 rings (SSSR count). The van der Waals surface area contributed by atoms with Gasteiger partial charge in [-0.15, -0.1) is 0 Å². The first-order chi connectivity index (χ1) is 8.41. The SMILES string of the molecule is CC(CCN(C)C)Nc1nccc(C(=O)O)c1N. The van der Waals surface area contributed by atoms with E-state index in [-0.39, 0.29) is 17.3 Å². The number of hydrogen-bond acceptors (Lipinski definition) is 5. The number of carboxylic acids is 1. The number of carbonyl (C=O) groups is 1. The number of nitrogen functional groups attached to an aromatic ring is 1. The van der Waals surface area contributed by atoms with Crippen molar-refractivity contribution in [1.82, 2.24) is 9.88 Å². The molecule has 6 heteroatoms. The lowest BCUT2D eigenvalue weighted by atomic mass is 10.2. The van der Waals surface area contributed by atoms with Crippen molar-refractivity contribution in [2.45, 2.75) is 19.4 Å². The zero-order valence-electron chi connectivity index (χ0n) is 11.0. The molecule has 0 aliphatic carbocycles. The van der Waals surface area contributed by atoms with Crippen LogP contribution in [0.15, 0.2) is 12.3 Å². The molecule has 0 amide bonds. The Hall–Kier alpha value is -1.82. The van der Waals surface area contributed by atoms with Crippen LogP contribution >= 0.6 is 0 Å². The number of rotatable bonds is 6. The fourth-order valence-corrected chi connectivity index (χ4v) is 1.53. The van der Waals surface area contributed by atoms with Gasteiger partial charge in [0.1, 0.15) is 5.82 Å². The number of aromatic nitrogens is 1. The molecule has 0 spiro atoms. The Kier molecular flexibility index (Phi) is 4.91. The molecule has 0 saturated carbocycles. The molecule has 1 aromatic heterocycles. The van der Waals surface area contributed by atoms with E-state index in [0.29, 0.717) is 5.82 Å². The fraction of sp³-hybridized carbons (Fsp3) is 0.500. The second kappa shape index (κ2) is 6.20.